The summed E-state index contributed by atoms with van der Waals surface area (Å²) in [4.78, 5) is 8.83. The molecule has 0 aliphatic rings. The molecule has 0 fully saturated rings. The van der Waals surface area contributed by atoms with Crippen LogP contribution in [0.25, 0.3) is 11.4 Å². The summed E-state index contributed by atoms with van der Waals surface area (Å²) in [5, 5.41) is 0.975. The molecule has 1 aromatic carbocycles. The van der Waals surface area contributed by atoms with Crippen molar-refractivity contribution in [2.24, 2.45) is 0 Å². The van der Waals surface area contributed by atoms with E-state index in [0.717, 1.165) is 15.7 Å². The second-order valence-corrected chi connectivity index (χ2v) is 5.61. The lowest BCUT2D eigenvalue weighted by molar-refractivity contribution is 0.416. The van der Waals surface area contributed by atoms with Gasteiger partial charge in [-0.05, 0) is 41.1 Å². The summed E-state index contributed by atoms with van der Waals surface area (Å²) in [7, 11) is 1.59. The number of nitrogens with zero attached hydrogens (tertiary/aromatic N) is 2. The number of aryl methyl sites for hydroxylation is 1. The van der Waals surface area contributed by atoms with E-state index in [0.29, 0.717) is 27.3 Å². The monoisotopic (exact) mass is 408 g/mol. The van der Waals surface area contributed by atoms with Gasteiger partial charge in [0.05, 0.1) is 27.0 Å². The Kier molecular flexibility index (Phi) is 4.86. The van der Waals surface area contributed by atoms with Crippen LogP contribution in [0.5, 0.6) is 5.75 Å². The number of hydrogen-bond donors (Lipinski definition) is 0. The van der Waals surface area contributed by atoms with Crippen LogP contribution in [0.2, 0.25) is 10.2 Å². The van der Waals surface area contributed by atoms with Crippen LogP contribution in [-0.4, -0.2) is 17.1 Å². The van der Waals surface area contributed by atoms with Gasteiger partial charge in [-0.15, -0.1) is 0 Å². The van der Waals surface area contributed by atoms with E-state index in [2.05, 4.69) is 32.6 Å². The van der Waals surface area contributed by atoms with E-state index in [4.69, 9.17) is 27.9 Å². The van der Waals surface area contributed by atoms with Crippen molar-refractivity contribution in [1.82, 2.24) is 9.97 Å². The lowest BCUT2D eigenvalue weighted by Gasteiger charge is -2.11. The fraction of sp³-hybridized carbons (Fsp3) is 0.231. The van der Waals surface area contributed by atoms with Crippen LogP contribution in [0.1, 0.15) is 12.6 Å². The van der Waals surface area contributed by atoms with Gasteiger partial charge in [-0.25, -0.2) is 9.97 Å². The van der Waals surface area contributed by atoms with Crippen LogP contribution in [-0.2, 0) is 6.42 Å². The number of ether oxygens (including phenoxy) is 1. The summed E-state index contributed by atoms with van der Waals surface area (Å²) in [6.45, 7) is 2.02. The maximum Gasteiger partial charge on any atom is 0.166 e. The fourth-order valence-electron chi connectivity index (χ4n) is 1.70. The number of aromatic nitrogens is 2. The minimum Gasteiger partial charge on any atom is -0.496 e. The smallest absolute Gasteiger partial charge is 0.166 e. The Morgan fingerprint density at radius 2 is 2.00 bits per heavy atom. The van der Waals surface area contributed by atoms with E-state index < -0.39 is 0 Å². The molecule has 3 nitrogen and oxygen atoms in total. The van der Waals surface area contributed by atoms with E-state index in [1.165, 1.54) is 0 Å². The molecule has 1 aromatic heterocycles. The predicted molar refractivity (Wildman–Crippen MR) is 86.1 cm³/mol. The van der Waals surface area contributed by atoms with Crippen molar-refractivity contribution in [2.75, 3.05) is 7.11 Å². The summed E-state index contributed by atoms with van der Waals surface area (Å²) >= 11 is 14.5. The van der Waals surface area contributed by atoms with Crippen molar-refractivity contribution < 1.29 is 4.74 Å². The first kappa shape index (κ1) is 14.8. The summed E-state index contributed by atoms with van der Waals surface area (Å²) < 4.78 is 6.19. The van der Waals surface area contributed by atoms with Gasteiger partial charge in [-0.2, -0.15) is 0 Å². The molecule has 100 valence electrons. The Bertz CT molecular complexity index is 620. The molecular weight excluding hydrogens is 398 g/mol. The van der Waals surface area contributed by atoms with Gasteiger partial charge in [-0.1, -0.05) is 36.2 Å². The number of hydrogen-bond acceptors (Lipinski definition) is 3. The Labute approximate surface area is 135 Å². The van der Waals surface area contributed by atoms with E-state index in [-0.39, 0.29) is 0 Å². The molecule has 0 N–H and O–H groups in total. The highest BCUT2D eigenvalue weighted by molar-refractivity contribution is 14.1. The second kappa shape index (κ2) is 6.24. The molecule has 0 bridgehead atoms. The Morgan fingerprint density at radius 3 is 2.63 bits per heavy atom. The van der Waals surface area contributed by atoms with Crippen molar-refractivity contribution in [3.8, 4) is 17.1 Å². The molecule has 0 unspecified atom stereocenters. The molecule has 0 aliphatic heterocycles. The SMILES string of the molecule is CCc1nc(-c2c(Cl)cccc2OC)nc(Cl)c1I. The van der Waals surface area contributed by atoms with Crippen molar-refractivity contribution in [3.05, 3.63) is 37.6 Å². The van der Waals surface area contributed by atoms with Crippen LogP contribution in [0, 0.1) is 3.57 Å². The number of halogens is 3. The maximum absolute atomic E-state index is 6.23. The first-order valence-corrected chi connectivity index (χ1v) is 7.46. The largest absolute Gasteiger partial charge is 0.496 e. The lowest BCUT2D eigenvalue weighted by atomic mass is 10.1. The highest BCUT2D eigenvalue weighted by Gasteiger charge is 2.16. The van der Waals surface area contributed by atoms with Crippen molar-refractivity contribution in [3.63, 3.8) is 0 Å². The third kappa shape index (κ3) is 2.95. The van der Waals surface area contributed by atoms with Gasteiger partial charge in [-0.3, -0.25) is 0 Å². The maximum atomic E-state index is 6.23. The normalized spacial score (nSPS) is 10.6. The third-order valence-corrected chi connectivity index (χ3v) is 4.67. The predicted octanol–water partition coefficient (Wildman–Crippen LogP) is 4.63. The molecule has 0 spiro atoms. The summed E-state index contributed by atoms with van der Waals surface area (Å²) in [5.74, 6) is 1.12. The number of rotatable bonds is 3. The molecule has 6 heteroatoms. The number of methoxy groups -OCH3 is 1. The van der Waals surface area contributed by atoms with Gasteiger partial charge in [0.1, 0.15) is 10.9 Å². The second-order valence-electron chi connectivity index (χ2n) is 3.77. The molecule has 0 amide bonds. The van der Waals surface area contributed by atoms with Gasteiger partial charge >= 0.3 is 0 Å². The molecule has 1 heterocycles. The molecule has 0 saturated heterocycles. The summed E-state index contributed by atoms with van der Waals surface area (Å²) in [5.41, 5.74) is 1.57. The first-order valence-electron chi connectivity index (χ1n) is 5.63. The Balaban J connectivity index is 2.69. The van der Waals surface area contributed by atoms with Crippen molar-refractivity contribution >= 4 is 45.8 Å². The summed E-state index contributed by atoms with van der Waals surface area (Å²) in [6.07, 6.45) is 0.778. The highest BCUT2D eigenvalue weighted by atomic mass is 127. The molecule has 0 atom stereocenters. The van der Waals surface area contributed by atoms with Crippen molar-refractivity contribution in [1.29, 1.82) is 0 Å². The first-order chi connectivity index (χ1) is 9.08. The Morgan fingerprint density at radius 1 is 1.26 bits per heavy atom. The van der Waals surface area contributed by atoms with E-state index in [9.17, 15) is 0 Å². The molecule has 2 aromatic rings. The van der Waals surface area contributed by atoms with Gasteiger partial charge in [0, 0.05) is 0 Å². The van der Waals surface area contributed by atoms with Gasteiger partial charge in [0.25, 0.3) is 0 Å². The van der Waals surface area contributed by atoms with Crippen LogP contribution >= 0.6 is 45.8 Å². The molecule has 0 saturated carbocycles. The van der Waals surface area contributed by atoms with Gasteiger partial charge in [0.2, 0.25) is 0 Å². The average Bonchev–Trinajstić information content (AvgIpc) is 2.41. The van der Waals surface area contributed by atoms with Crippen LogP contribution < -0.4 is 4.74 Å². The van der Waals surface area contributed by atoms with Gasteiger partial charge < -0.3 is 4.74 Å². The van der Waals surface area contributed by atoms with Crippen LogP contribution in [0.15, 0.2) is 18.2 Å². The highest BCUT2D eigenvalue weighted by Crippen LogP contribution is 2.35. The van der Waals surface area contributed by atoms with Crippen LogP contribution in [0.3, 0.4) is 0 Å². The van der Waals surface area contributed by atoms with Crippen LogP contribution in [0.4, 0.5) is 0 Å². The molecule has 0 aliphatic carbocycles. The lowest BCUT2D eigenvalue weighted by Crippen LogP contribution is -2.01. The zero-order chi connectivity index (χ0) is 14.0. The molecule has 0 radical (unpaired) electrons. The van der Waals surface area contributed by atoms with E-state index in [1.54, 1.807) is 13.2 Å². The quantitative estimate of drug-likeness (QED) is 0.548. The standard InChI is InChI=1S/C13H11Cl2IN2O/c1-3-8-11(16)12(15)18-13(17-8)10-7(14)5-4-6-9(10)19-2/h4-6H,3H2,1-2H3. The van der Waals surface area contributed by atoms with E-state index >= 15 is 0 Å². The Hall–Kier alpha value is -0.590. The van der Waals surface area contributed by atoms with Crippen molar-refractivity contribution in [2.45, 2.75) is 13.3 Å². The molecule has 19 heavy (non-hydrogen) atoms. The third-order valence-electron chi connectivity index (χ3n) is 2.63. The zero-order valence-electron chi connectivity index (χ0n) is 10.4. The fourth-order valence-corrected chi connectivity index (χ4v) is 2.76. The minimum atomic E-state index is 0.435. The topological polar surface area (TPSA) is 35.0 Å². The zero-order valence-corrected chi connectivity index (χ0v) is 14.0. The summed E-state index contributed by atoms with van der Waals surface area (Å²) in [6, 6.07) is 5.42. The van der Waals surface area contributed by atoms with Gasteiger partial charge in [0.15, 0.2) is 5.82 Å². The molecule has 2 rings (SSSR count). The average molecular weight is 409 g/mol. The molecular formula is C13H11Cl2IN2O. The minimum absolute atomic E-state index is 0.435. The number of benzene rings is 1. The van der Waals surface area contributed by atoms with E-state index in [1.807, 2.05) is 19.1 Å².